The molecule has 26 heavy (non-hydrogen) atoms. The molecule has 0 aliphatic carbocycles. The predicted molar refractivity (Wildman–Crippen MR) is 94.3 cm³/mol. The third kappa shape index (κ3) is 3.94. The van der Waals surface area contributed by atoms with Crippen LogP contribution in [0.5, 0.6) is 0 Å². The van der Waals surface area contributed by atoms with E-state index in [0.717, 1.165) is 0 Å². The second kappa shape index (κ2) is 7.60. The van der Waals surface area contributed by atoms with E-state index >= 15 is 0 Å². The van der Waals surface area contributed by atoms with Crippen LogP contribution in [0.25, 0.3) is 5.69 Å². The molecule has 0 fully saturated rings. The minimum absolute atomic E-state index is 0.227. The molecule has 3 aromatic rings. The van der Waals surface area contributed by atoms with Gasteiger partial charge in [0.15, 0.2) is 0 Å². The first-order chi connectivity index (χ1) is 12.6. The summed E-state index contributed by atoms with van der Waals surface area (Å²) in [7, 11) is 0. The highest BCUT2D eigenvalue weighted by molar-refractivity contribution is 5.94. The molecule has 7 heteroatoms. The van der Waals surface area contributed by atoms with E-state index in [4.69, 9.17) is 0 Å². The second-order valence-electron chi connectivity index (χ2n) is 5.52. The van der Waals surface area contributed by atoms with Crippen LogP contribution in [0.4, 0.5) is 14.5 Å². The van der Waals surface area contributed by atoms with Crippen LogP contribution in [0.2, 0.25) is 0 Å². The van der Waals surface area contributed by atoms with E-state index in [9.17, 15) is 18.4 Å². The lowest BCUT2D eigenvalue weighted by atomic mass is 10.2. The molecule has 0 bridgehead atoms. The number of halogens is 2. The maximum absolute atomic E-state index is 12.9. The molecule has 0 saturated carbocycles. The van der Waals surface area contributed by atoms with Gasteiger partial charge in [0, 0.05) is 18.0 Å². The molecule has 1 amide bonds. The lowest BCUT2D eigenvalue weighted by Crippen LogP contribution is -2.30. The molecule has 0 aliphatic heterocycles. The zero-order chi connectivity index (χ0) is 18.5. The molecular weight excluding hydrogens is 340 g/mol. The Balaban J connectivity index is 1.81. The first kappa shape index (κ1) is 17.3. The van der Waals surface area contributed by atoms with E-state index in [1.807, 2.05) is 0 Å². The van der Waals surface area contributed by atoms with Crippen molar-refractivity contribution in [3.63, 3.8) is 0 Å². The normalized spacial score (nSPS) is 10.4. The number of hydrogen-bond donors (Lipinski definition) is 2. The van der Waals surface area contributed by atoms with Crippen LogP contribution in [0.1, 0.15) is 15.9 Å². The Labute approximate surface area is 147 Å². The summed E-state index contributed by atoms with van der Waals surface area (Å²) in [6.45, 7) is -0.648. The molecule has 0 unspecified atom stereocenters. The molecule has 132 valence electrons. The maximum atomic E-state index is 12.9. The van der Waals surface area contributed by atoms with Gasteiger partial charge in [0.05, 0.1) is 11.3 Å². The van der Waals surface area contributed by atoms with Crippen LogP contribution in [0.3, 0.4) is 0 Å². The Morgan fingerprint density at radius 2 is 1.81 bits per heavy atom. The van der Waals surface area contributed by atoms with Crippen molar-refractivity contribution in [1.82, 2.24) is 9.99 Å². The molecular formula is C19H15F2N3O2. The third-order valence-corrected chi connectivity index (χ3v) is 3.68. The zero-order valence-electron chi connectivity index (χ0n) is 13.6. The number of pyridine rings is 1. The van der Waals surface area contributed by atoms with Crippen LogP contribution in [0.15, 0.2) is 71.7 Å². The van der Waals surface area contributed by atoms with Gasteiger partial charge < -0.3 is 0 Å². The van der Waals surface area contributed by atoms with Crippen molar-refractivity contribution >= 4 is 11.6 Å². The third-order valence-electron chi connectivity index (χ3n) is 3.68. The summed E-state index contributed by atoms with van der Waals surface area (Å²) in [6.07, 6.45) is 1.38. The van der Waals surface area contributed by atoms with Crippen molar-refractivity contribution in [1.29, 1.82) is 0 Å². The fourth-order valence-electron chi connectivity index (χ4n) is 2.35. The number of carbonyl (C=O) groups is 1. The number of alkyl halides is 1. The number of aromatic nitrogens is 1. The summed E-state index contributed by atoms with van der Waals surface area (Å²) in [5.74, 6) is -0.866. The first-order valence-corrected chi connectivity index (χ1v) is 7.77. The first-order valence-electron chi connectivity index (χ1n) is 7.77. The van der Waals surface area contributed by atoms with Gasteiger partial charge in [0.25, 0.3) is 11.5 Å². The van der Waals surface area contributed by atoms with Gasteiger partial charge in [-0.1, -0.05) is 12.1 Å². The van der Waals surface area contributed by atoms with Gasteiger partial charge in [-0.15, -0.1) is 0 Å². The van der Waals surface area contributed by atoms with Gasteiger partial charge in [-0.2, -0.15) is 0 Å². The fraction of sp³-hybridized carbons (Fsp3) is 0.0526. The predicted octanol–water partition coefficient (Wildman–Crippen LogP) is 3.20. The number of hydrazine groups is 1. The largest absolute Gasteiger partial charge is 0.298 e. The van der Waals surface area contributed by atoms with Gasteiger partial charge >= 0.3 is 0 Å². The Bertz CT molecular complexity index is 985. The number of anilines is 1. The summed E-state index contributed by atoms with van der Waals surface area (Å²) in [6, 6.07) is 14.5. The molecule has 0 radical (unpaired) electrons. The number of carbonyl (C=O) groups excluding carboxylic acids is 1. The second-order valence-corrected chi connectivity index (χ2v) is 5.52. The van der Waals surface area contributed by atoms with Crippen molar-refractivity contribution in [3.05, 3.63) is 94.2 Å². The number of amides is 1. The molecule has 0 atom stereocenters. The number of benzene rings is 2. The van der Waals surface area contributed by atoms with Crippen molar-refractivity contribution in [2.24, 2.45) is 0 Å². The SMILES string of the molecule is O=C(NNc1ccc(F)cc1)c1ccc(=O)n(-c2cccc(CF)c2)c1. The van der Waals surface area contributed by atoms with Gasteiger partial charge in [0.1, 0.15) is 12.5 Å². The molecule has 0 saturated heterocycles. The number of nitrogens with zero attached hydrogens (tertiary/aromatic N) is 1. The van der Waals surface area contributed by atoms with E-state index in [1.165, 1.54) is 47.2 Å². The average molecular weight is 355 g/mol. The standard InChI is InChI=1S/C19H15F2N3O2/c20-11-13-2-1-3-17(10-13)24-12-14(4-9-18(24)25)19(26)23-22-16-7-5-15(21)6-8-16/h1-10,12,22H,11H2,(H,23,26). The highest BCUT2D eigenvalue weighted by atomic mass is 19.1. The summed E-state index contributed by atoms with van der Waals surface area (Å²) in [5.41, 5.74) is 6.41. The smallest absolute Gasteiger partial charge is 0.271 e. The van der Waals surface area contributed by atoms with Crippen molar-refractivity contribution in [3.8, 4) is 5.69 Å². The van der Waals surface area contributed by atoms with Crippen LogP contribution in [-0.4, -0.2) is 10.5 Å². The summed E-state index contributed by atoms with van der Waals surface area (Å²) in [5, 5.41) is 0. The van der Waals surface area contributed by atoms with Crippen LogP contribution in [0, 0.1) is 5.82 Å². The lowest BCUT2D eigenvalue weighted by molar-refractivity contribution is 0.0962. The Hall–Kier alpha value is -3.48. The van der Waals surface area contributed by atoms with Crippen molar-refractivity contribution in [2.75, 3.05) is 5.43 Å². The Morgan fingerprint density at radius 3 is 2.54 bits per heavy atom. The molecule has 0 spiro atoms. The van der Waals surface area contributed by atoms with Crippen LogP contribution >= 0.6 is 0 Å². The van der Waals surface area contributed by atoms with Crippen molar-refractivity contribution < 1.29 is 13.6 Å². The van der Waals surface area contributed by atoms with E-state index in [-0.39, 0.29) is 16.9 Å². The van der Waals surface area contributed by atoms with Gasteiger partial charge in [-0.25, -0.2) is 8.78 Å². The highest BCUT2D eigenvalue weighted by Crippen LogP contribution is 2.11. The molecule has 0 aliphatic rings. The molecule has 2 aromatic carbocycles. The van der Waals surface area contributed by atoms with E-state index in [1.54, 1.807) is 24.3 Å². The maximum Gasteiger partial charge on any atom is 0.271 e. The summed E-state index contributed by atoms with van der Waals surface area (Å²) in [4.78, 5) is 24.4. The van der Waals surface area contributed by atoms with E-state index < -0.39 is 12.6 Å². The molecule has 1 heterocycles. The van der Waals surface area contributed by atoms with Crippen molar-refractivity contribution in [2.45, 2.75) is 6.67 Å². The summed E-state index contributed by atoms with van der Waals surface area (Å²) < 4.78 is 27.0. The minimum Gasteiger partial charge on any atom is -0.298 e. The quantitative estimate of drug-likeness (QED) is 0.691. The topological polar surface area (TPSA) is 63.1 Å². The number of rotatable bonds is 5. The fourth-order valence-corrected chi connectivity index (χ4v) is 2.35. The number of hydrogen-bond acceptors (Lipinski definition) is 3. The molecule has 5 nitrogen and oxygen atoms in total. The zero-order valence-corrected chi connectivity index (χ0v) is 13.6. The van der Waals surface area contributed by atoms with Gasteiger partial charge in [-0.3, -0.25) is 25.0 Å². The van der Waals surface area contributed by atoms with E-state index in [0.29, 0.717) is 16.9 Å². The van der Waals surface area contributed by atoms with Crippen LogP contribution in [-0.2, 0) is 6.67 Å². The lowest BCUT2D eigenvalue weighted by Gasteiger charge is -2.11. The highest BCUT2D eigenvalue weighted by Gasteiger charge is 2.09. The molecule has 3 rings (SSSR count). The molecule has 2 N–H and O–H groups in total. The Morgan fingerprint density at radius 1 is 1.04 bits per heavy atom. The Kier molecular flexibility index (Phi) is 5.07. The molecule has 1 aromatic heterocycles. The van der Waals surface area contributed by atoms with Gasteiger partial charge in [-0.05, 0) is 48.0 Å². The van der Waals surface area contributed by atoms with Crippen LogP contribution < -0.4 is 16.4 Å². The van der Waals surface area contributed by atoms with Gasteiger partial charge in [0.2, 0.25) is 0 Å². The van der Waals surface area contributed by atoms with E-state index in [2.05, 4.69) is 10.9 Å². The summed E-state index contributed by atoms with van der Waals surface area (Å²) >= 11 is 0. The monoisotopic (exact) mass is 355 g/mol. The average Bonchev–Trinajstić information content (AvgIpc) is 2.67. The minimum atomic E-state index is -0.648. The number of nitrogens with one attached hydrogen (secondary N) is 2.